The van der Waals surface area contributed by atoms with E-state index < -0.39 is 0 Å². The summed E-state index contributed by atoms with van der Waals surface area (Å²) >= 11 is 6.02. The van der Waals surface area contributed by atoms with Gasteiger partial charge in [-0.3, -0.25) is 0 Å². The molecule has 1 fully saturated rings. The van der Waals surface area contributed by atoms with Crippen LogP contribution >= 0.6 is 11.6 Å². The second kappa shape index (κ2) is 7.84. The maximum Gasteiger partial charge on any atom is 0.317 e. The number of urea groups is 1. The molecule has 3 unspecified atom stereocenters. The lowest BCUT2D eigenvalue weighted by molar-refractivity contribution is 0.113. The Hall–Kier alpha value is -1.26. The highest BCUT2D eigenvalue weighted by Gasteiger charge is 2.28. The van der Waals surface area contributed by atoms with Crippen molar-refractivity contribution in [2.75, 3.05) is 13.6 Å². The van der Waals surface area contributed by atoms with Crippen LogP contribution in [0.25, 0.3) is 0 Å². The first-order valence-corrected chi connectivity index (χ1v) is 8.34. The molecule has 1 aliphatic rings. The molecule has 1 aromatic carbocycles. The van der Waals surface area contributed by atoms with Crippen molar-refractivity contribution in [3.05, 3.63) is 34.9 Å². The van der Waals surface area contributed by atoms with E-state index in [1.807, 2.05) is 31.2 Å². The van der Waals surface area contributed by atoms with Crippen LogP contribution in [0, 0.1) is 5.92 Å². The number of benzene rings is 1. The minimum absolute atomic E-state index is 0.0536. The molecular formula is C17H25ClN2O2. The Balaban J connectivity index is 1.93. The normalized spacial score (nSPS) is 22.4. The highest BCUT2D eigenvalue weighted by molar-refractivity contribution is 6.30. The average Bonchev–Trinajstić information content (AvgIpc) is 2.89. The van der Waals surface area contributed by atoms with E-state index in [2.05, 4.69) is 5.32 Å². The van der Waals surface area contributed by atoms with Crippen LogP contribution < -0.4 is 5.32 Å². The molecule has 0 aliphatic heterocycles. The van der Waals surface area contributed by atoms with Crippen LogP contribution in [0.5, 0.6) is 0 Å². The van der Waals surface area contributed by atoms with E-state index in [-0.39, 0.29) is 24.1 Å². The van der Waals surface area contributed by atoms with Crippen LogP contribution in [0.1, 0.15) is 44.2 Å². The van der Waals surface area contributed by atoms with E-state index in [1.54, 1.807) is 11.9 Å². The smallest absolute Gasteiger partial charge is 0.317 e. The van der Waals surface area contributed by atoms with Gasteiger partial charge in [-0.15, -0.1) is 0 Å². The van der Waals surface area contributed by atoms with Gasteiger partial charge in [-0.05, 0) is 37.0 Å². The fraction of sp³-hybridized carbons (Fsp3) is 0.588. The zero-order valence-electron chi connectivity index (χ0n) is 13.3. The van der Waals surface area contributed by atoms with Gasteiger partial charge >= 0.3 is 6.03 Å². The first-order chi connectivity index (χ1) is 10.5. The Kier molecular flexibility index (Phi) is 6.09. The quantitative estimate of drug-likeness (QED) is 0.869. The van der Waals surface area contributed by atoms with E-state index in [1.165, 1.54) is 0 Å². The van der Waals surface area contributed by atoms with E-state index in [0.717, 1.165) is 31.2 Å². The van der Waals surface area contributed by atoms with Crippen molar-refractivity contribution in [1.82, 2.24) is 10.2 Å². The third-order valence-corrected chi connectivity index (χ3v) is 4.67. The highest BCUT2D eigenvalue weighted by Crippen LogP contribution is 2.26. The van der Waals surface area contributed by atoms with Gasteiger partial charge in [0.25, 0.3) is 0 Å². The number of hydrogen-bond acceptors (Lipinski definition) is 2. The molecule has 3 atom stereocenters. The highest BCUT2D eigenvalue weighted by atomic mass is 35.5. The lowest BCUT2D eigenvalue weighted by Crippen LogP contribution is -2.42. The molecule has 0 radical (unpaired) electrons. The Morgan fingerprint density at radius 3 is 2.86 bits per heavy atom. The van der Waals surface area contributed by atoms with Gasteiger partial charge in [0, 0.05) is 24.5 Å². The summed E-state index contributed by atoms with van der Waals surface area (Å²) in [6.45, 7) is 2.63. The molecule has 2 rings (SSSR count). The first-order valence-electron chi connectivity index (χ1n) is 7.96. The average molecular weight is 325 g/mol. The molecular weight excluding hydrogens is 300 g/mol. The maximum atomic E-state index is 12.4. The summed E-state index contributed by atoms with van der Waals surface area (Å²) in [4.78, 5) is 14.0. The molecule has 122 valence electrons. The molecule has 0 spiro atoms. The number of aliphatic hydroxyl groups excluding tert-OH is 1. The summed E-state index contributed by atoms with van der Waals surface area (Å²) in [5, 5.41) is 13.6. The first kappa shape index (κ1) is 17.1. The molecule has 0 bridgehead atoms. The predicted molar refractivity (Wildman–Crippen MR) is 89.0 cm³/mol. The number of hydrogen-bond donors (Lipinski definition) is 2. The molecule has 1 aromatic rings. The van der Waals surface area contributed by atoms with Gasteiger partial charge < -0.3 is 15.3 Å². The van der Waals surface area contributed by atoms with Crippen molar-refractivity contribution in [3.8, 4) is 0 Å². The lowest BCUT2D eigenvalue weighted by Gasteiger charge is -2.26. The Labute approximate surface area is 137 Å². The summed E-state index contributed by atoms with van der Waals surface area (Å²) in [5.74, 6) is 0.196. The topological polar surface area (TPSA) is 52.6 Å². The van der Waals surface area contributed by atoms with Gasteiger partial charge in [0.1, 0.15) is 0 Å². The van der Waals surface area contributed by atoms with Gasteiger partial charge in [-0.2, -0.15) is 0 Å². The number of carbonyl (C=O) groups is 1. The van der Waals surface area contributed by atoms with Crippen LogP contribution in [0.4, 0.5) is 4.79 Å². The Bertz CT molecular complexity index is 509. The van der Waals surface area contributed by atoms with Crippen LogP contribution in [0.3, 0.4) is 0 Å². The van der Waals surface area contributed by atoms with Crippen LogP contribution in [-0.4, -0.2) is 35.7 Å². The summed E-state index contributed by atoms with van der Waals surface area (Å²) < 4.78 is 0. The SMILES string of the molecule is CCC(NC(=O)N(C)CC1CCCC1O)c1cccc(Cl)c1. The molecule has 0 saturated heterocycles. The van der Waals surface area contributed by atoms with E-state index in [4.69, 9.17) is 11.6 Å². The monoisotopic (exact) mass is 324 g/mol. The number of carbonyl (C=O) groups excluding carboxylic acids is 1. The van der Waals surface area contributed by atoms with E-state index in [0.29, 0.717) is 11.6 Å². The largest absolute Gasteiger partial charge is 0.393 e. The number of nitrogens with zero attached hydrogens (tertiary/aromatic N) is 1. The zero-order valence-corrected chi connectivity index (χ0v) is 14.0. The minimum Gasteiger partial charge on any atom is -0.393 e. The number of halogens is 1. The van der Waals surface area contributed by atoms with Crippen molar-refractivity contribution < 1.29 is 9.90 Å². The van der Waals surface area contributed by atoms with Crippen molar-refractivity contribution in [2.45, 2.75) is 44.8 Å². The van der Waals surface area contributed by atoms with Gasteiger partial charge in [0.05, 0.1) is 12.1 Å². The van der Waals surface area contributed by atoms with Gasteiger partial charge in [-0.1, -0.05) is 37.1 Å². The van der Waals surface area contributed by atoms with Crippen molar-refractivity contribution in [1.29, 1.82) is 0 Å². The number of aliphatic hydroxyl groups is 1. The lowest BCUT2D eigenvalue weighted by atomic mass is 10.0. The summed E-state index contributed by atoms with van der Waals surface area (Å²) in [5.41, 5.74) is 1.01. The van der Waals surface area contributed by atoms with Gasteiger partial charge in [0.15, 0.2) is 0 Å². The zero-order chi connectivity index (χ0) is 16.1. The molecule has 5 heteroatoms. The van der Waals surface area contributed by atoms with Crippen molar-refractivity contribution >= 4 is 17.6 Å². The number of rotatable bonds is 5. The molecule has 4 nitrogen and oxygen atoms in total. The summed E-state index contributed by atoms with van der Waals surface area (Å²) in [6, 6.07) is 7.42. The third kappa shape index (κ3) is 4.37. The maximum absolute atomic E-state index is 12.4. The van der Waals surface area contributed by atoms with Crippen molar-refractivity contribution in [3.63, 3.8) is 0 Å². The van der Waals surface area contributed by atoms with Crippen molar-refractivity contribution in [2.24, 2.45) is 5.92 Å². The molecule has 22 heavy (non-hydrogen) atoms. The van der Waals surface area contributed by atoms with E-state index in [9.17, 15) is 9.90 Å². The molecule has 2 N–H and O–H groups in total. The molecule has 0 heterocycles. The molecule has 1 saturated carbocycles. The van der Waals surface area contributed by atoms with Crippen LogP contribution in [-0.2, 0) is 0 Å². The van der Waals surface area contributed by atoms with Crippen LogP contribution in [0.15, 0.2) is 24.3 Å². The van der Waals surface area contributed by atoms with Crippen LogP contribution in [0.2, 0.25) is 5.02 Å². The summed E-state index contributed by atoms with van der Waals surface area (Å²) in [6.07, 6.45) is 3.41. The molecule has 2 amide bonds. The fourth-order valence-corrected chi connectivity index (χ4v) is 3.27. The number of amides is 2. The summed E-state index contributed by atoms with van der Waals surface area (Å²) in [7, 11) is 1.78. The second-order valence-corrected chi connectivity index (χ2v) is 6.54. The minimum atomic E-state index is -0.273. The number of nitrogens with one attached hydrogen (secondary N) is 1. The fourth-order valence-electron chi connectivity index (χ4n) is 3.07. The van der Waals surface area contributed by atoms with Gasteiger partial charge in [0.2, 0.25) is 0 Å². The second-order valence-electron chi connectivity index (χ2n) is 6.10. The Morgan fingerprint density at radius 1 is 1.50 bits per heavy atom. The van der Waals surface area contributed by atoms with E-state index >= 15 is 0 Å². The standard InChI is InChI=1S/C17H25ClN2O2/c1-3-15(12-6-4-8-14(18)10-12)19-17(22)20(2)11-13-7-5-9-16(13)21/h4,6,8,10,13,15-16,21H,3,5,7,9,11H2,1-2H3,(H,19,22). The Morgan fingerprint density at radius 2 is 2.27 bits per heavy atom. The third-order valence-electron chi connectivity index (χ3n) is 4.43. The molecule has 1 aliphatic carbocycles. The molecule has 0 aromatic heterocycles. The van der Waals surface area contributed by atoms with Gasteiger partial charge in [-0.25, -0.2) is 4.79 Å². The predicted octanol–water partition coefficient (Wildman–Crippen LogP) is 3.59.